The average Bonchev–Trinajstić information content (AvgIpc) is 2.48. The van der Waals surface area contributed by atoms with E-state index in [1.54, 1.807) is 6.20 Å². The molecule has 20 heavy (non-hydrogen) atoms. The second-order valence-corrected chi connectivity index (χ2v) is 5.12. The first-order chi connectivity index (χ1) is 9.75. The number of hydrogen-bond acceptors (Lipinski definition) is 3. The maximum absolute atomic E-state index is 5.71. The molecule has 1 heterocycles. The summed E-state index contributed by atoms with van der Waals surface area (Å²) in [6.07, 6.45) is 3.66. The van der Waals surface area contributed by atoms with Gasteiger partial charge in [0.2, 0.25) is 0 Å². The Morgan fingerprint density at radius 1 is 1.15 bits per heavy atom. The van der Waals surface area contributed by atoms with Crippen molar-refractivity contribution < 1.29 is 4.74 Å². The summed E-state index contributed by atoms with van der Waals surface area (Å²) in [4.78, 5) is 4.21. The number of nitrogens with one attached hydrogen (secondary N) is 1. The van der Waals surface area contributed by atoms with Gasteiger partial charge in [-0.15, -0.1) is 0 Å². The van der Waals surface area contributed by atoms with Gasteiger partial charge in [0.05, 0.1) is 6.20 Å². The van der Waals surface area contributed by atoms with Gasteiger partial charge in [-0.25, -0.2) is 0 Å². The molecule has 3 heteroatoms. The van der Waals surface area contributed by atoms with Crippen LogP contribution in [-0.4, -0.2) is 18.1 Å². The lowest BCUT2D eigenvalue weighted by atomic mass is 10.1. The molecule has 0 spiro atoms. The van der Waals surface area contributed by atoms with Crippen molar-refractivity contribution in [3.05, 3.63) is 59.9 Å². The molecule has 1 N–H and O–H groups in total. The highest BCUT2D eigenvalue weighted by Gasteiger charge is 2.01. The van der Waals surface area contributed by atoms with Crippen LogP contribution in [0.5, 0.6) is 5.75 Å². The fourth-order valence-corrected chi connectivity index (χ4v) is 1.90. The largest absolute Gasteiger partial charge is 0.491 e. The first kappa shape index (κ1) is 14.5. The van der Waals surface area contributed by atoms with Crippen molar-refractivity contribution in [2.24, 2.45) is 0 Å². The fraction of sp³-hybridized carbons (Fsp3) is 0.353. The van der Waals surface area contributed by atoms with Gasteiger partial charge in [0.1, 0.15) is 12.4 Å². The molecule has 3 nitrogen and oxygen atoms in total. The smallest absolute Gasteiger partial charge is 0.137 e. The monoisotopic (exact) mass is 270 g/mol. The summed E-state index contributed by atoms with van der Waals surface area (Å²) >= 11 is 0. The Morgan fingerprint density at radius 2 is 1.95 bits per heavy atom. The Kier molecular flexibility index (Phi) is 5.56. The van der Waals surface area contributed by atoms with E-state index in [1.807, 2.05) is 12.3 Å². The Bertz CT molecular complexity index is 511. The van der Waals surface area contributed by atoms with Crippen LogP contribution < -0.4 is 10.1 Å². The molecular weight excluding hydrogens is 248 g/mol. The second-order valence-electron chi connectivity index (χ2n) is 5.12. The van der Waals surface area contributed by atoms with Gasteiger partial charge in [0.25, 0.3) is 0 Å². The number of benzene rings is 1. The van der Waals surface area contributed by atoms with E-state index in [9.17, 15) is 0 Å². The molecule has 106 valence electrons. The summed E-state index contributed by atoms with van der Waals surface area (Å²) in [5.41, 5.74) is 2.50. The van der Waals surface area contributed by atoms with Gasteiger partial charge in [0.15, 0.2) is 0 Å². The van der Waals surface area contributed by atoms with Crippen LogP contribution in [0.4, 0.5) is 0 Å². The molecule has 1 aromatic carbocycles. The predicted molar refractivity (Wildman–Crippen MR) is 82.0 cm³/mol. The van der Waals surface area contributed by atoms with E-state index in [0.29, 0.717) is 12.5 Å². The van der Waals surface area contributed by atoms with Crippen LogP contribution in [0.25, 0.3) is 0 Å². The minimum atomic E-state index is 0.474. The van der Waals surface area contributed by atoms with Crippen LogP contribution in [0.1, 0.15) is 30.9 Å². The molecule has 1 aromatic heterocycles. The van der Waals surface area contributed by atoms with Gasteiger partial charge in [-0.3, -0.25) is 4.98 Å². The van der Waals surface area contributed by atoms with Crippen LogP contribution in [0, 0.1) is 0 Å². The highest BCUT2D eigenvalue weighted by Crippen LogP contribution is 2.18. The SMILES string of the molecule is CC(C)c1cncc(OCCNCc2ccccc2)c1. The van der Waals surface area contributed by atoms with Crippen molar-refractivity contribution in [1.29, 1.82) is 0 Å². The first-order valence-electron chi connectivity index (χ1n) is 7.08. The minimum Gasteiger partial charge on any atom is -0.491 e. The predicted octanol–water partition coefficient (Wildman–Crippen LogP) is 3.37. The zero-order valence-electron chi connectivity index (χ0n) is 12.2. The average molecular weight is 270 g/mol. The maximum atomic E-state index is 5.71. The summed E-state index contributed by atoms with van der Waals surface area (Å²) in [5, 5.41) is 3.36. The number of ether oxygens (including phenoxy) is 1. The molecule has 0 amide bonds. The Balaban J connectivity index is 1.69. The molecule has 0 saturated carbocycles. The van der Waals surface area contributed by atoms with E-state index in [4.69, 9.17) is 4.74 Å². The lowest BCUT2D eigenvalue weighted by Gasteiger charge is -2.10. The molecule has 0 fully saturated rings. The molecule has 2 rings (SSSR count). The molecule has 0 aliphatic carbocycles. The van der Waals surface area contributed by atoms with Crippen LogP contribution in [0.3, 0.4) is 0 Å². The van der Waals surface area contributed by atoms with E-state index >= 15 is 0 Å². The molecular formula is C17H22N2O. The van der Waals surface area contributed by atoms with Gasteiger partial charge in [0, 0.05) is 19.3 Å². The quantitative estimate of drug-likeness (QED) is 0.783. The van der Waals surface area contributed by atoms with E-state index < -0.39 is 0 Å². The third-order valence-corrected chi connectivity index (χ3v) is 3.12. The van der Waals surface area contributed by atoms with Crippen molar-refractivity contribution in [2.75, 3.05) is 13.2 Å². The van der Waals surface area contributed by atoms with Gasteiger partial charge in [-0.2, -0.15) is 0 Å². The Morgan fingerprint density at radius 3 is 2.70 bits per heavy atom. The van der Waals surface area contributed by atoms with E-state index in [1.165, 1.54) is 11.1 Å². The zero-order valence-corrected chi connectivity index (χ0v) is 12.2. The third-order valence-electron chi connectivity index (χ3n) is 3.12. The second kappa shape index (κ2) is 7.65. The molecule has 0 bridgehead atoms. The number of nitrogens with zero attached hydrogens (tertiary/aromatic N) is 1. The summed E-state index contributed by atoms with van der Waals surface area (Å²) in [5.74, 6) is 1.32. The van der Waals surface area contributed by atoms with Gasteiger partial charge >= 0.3 is 0 Å². The molecule has 0 unspecified atom stereocenters. The van der Waals surface area contributed by atoms with E-state index in [-0.39, 0.29) is 0 Å². The van der Waals surface area contributed by atoms with Crippen LogP contribution in [0.15, 0.2) is 48.8 Å². The van der Waals surface area contributed by atoms with Gasteiger partial charge < -0.3 is 10.1 Å². The topological polar surface area (TPSA) is 34.1 Å². The molecule has 0 radical (unpaired) electrons. The van der Waals surface area contributed by atoms with Crippen molar-refractivity contribution in [3.8, 4) is 5.75 Å². The van der Waals surface area contributed by atoms with Crippen LogP contribution >= 0.6 is 0 Å². The normalized spacial score (nSPS) is 10.8. The zero-order chi connectivity index (χ0) is 14.2. The lowest BCUT2D eigenvalue weighted by molar-refractivity contribution is 0.312. The lowest BCUT2D eigenvalue weighted by Crippen LogP contribution is -2.20. The van der Waals surface area contributed by atoms with Crippen molar-refractivity contribution in [3.63, 3.8) is 0 Å². The third kappa shape index (κ3) is 4.67. The minimum absolute atomic E-state index is 0.474. The van der Waals surface area contributed by atoms with Crippen LogP contribution in [-0.2, 0) is 6.54 Å². The van der Waals surface area contributed by atoms with Gasteiger partial charge in [-0.1, -0.05) is 44.2 Å². The fourth-order valence-electron chi connectivity index (χ4n) is 1.90. The molecule has 0 atom stereocenters. The first-order valence-corrected chi connectivity index (χ1v) is 7.08. The number of hydrogen-bond donors (Lipinski definition) is 1. The standard InChI is InChI=1S/C17H22N2O/c1-14(2)16-10-17(13-19-12-16)20-9-8-18-11-15-6-4-3-5-7-15/h3-7,10,12-14,18H,8-9,11H2,1-2H3. The highest BCUT2D eigenvalue weighted by molar-refractivity contribution is 5.25. The van der Waals surface area contributed by atoms with E-state index in [2.05, 4.69) is 54.5 Å². The summed E-state index contributed by atoms with van der Waals surface area (Å²) in [6, 6.07) is 12.4. The van der Waals surface area contributed by atoms with Crippen molar-refractivity contribution in [1.82, 2.24) is 10.3 Å². The van der Waals surface area contributed by atoms with Gasteiger partial charge in [-0.05, 0) is 23.1 Å². The van der Waals surface area contributed by atoms with Crippen LogP contribution in [0.2, 0.25) is 0 Å². The number of pyridine rings is 1. The van der Waals surface area contributed by atoms with E-state index in [0.717, 1.165) is 18.8 Å². The molecule has 2 aromatic rings. The Hall–Kier alpha value is -1.87. The maximum Gasteiger partial charge on any atom is 0.137 e. The Labute approximate surface area is 121 Å². The number of aromatic nitrogens is 1. The summed E-state index contributed by atoms with van der Waals surface area (Å²) < 4.78 is 5.71. The highest BCUT2D eigenvalue weighted by atomic mass is 16.5. The summed E-state index contributed by atoms with van der Waals surface area (Å²) in [7, 11) is 0. The number of rotatable bonds is 7. The van der Waals surface area contributed by atoms with Crippen molar-refractivity contribution >= 4 is 0 Å². The molecule has 0 aliphatic heterocycles. The van der Waals surface area contributed by atoms with Crippen molar-refractivity contribution in [2.45, 2.75) is 26.3 Å². The molecule has 0 saturated heterocycles. The summed E-state index contributed by atoms with van der Waals surface area (Å²) in [6.45, 7) is 6.65. The molecule has 0 aliphatic rings.